The van der Waals surface area contributed by atoms with E-state index in [1.165, 1.54) is 5.56 Å². The lowest BCUT2D eigenvalue weighted by Gasteiger charge is -2.14. The van der Waals surface area contributed by atoms with Crippen LogP contribution in [0.25, 0.3) is 16.6 Å². The molecular formula is C25H29N5O. The predicted octanol–water partition coefficient (Wildman–Crippen LogP) is 4.44. The van der Waals surface area contributed by atoms with Gasteiger partial charge in [-0.1, -0.05) is 24.3 Å². The number of fused-ring (bicyclic) bond motifs is 3. The Morgan fingerprint density at radius 1 is 1.10 bits per heavy atom. The van der Waals surface area contributed by atoms with Gasteiger partial charge in [-0.3, -0.25) is 4.79 Å². The van der Waals surface area contributed by atoms with E-state index in [0.717, 1.165) is 51.3 Å². The molecule has 0 atom stereocenters. The van der Waals surface area contributed by atoms with E-state index in [2.05, 4.69) is 35.3 Å². The summed E-state index contributed by atoms with van der Waals surface area (Å²) in [4.78, 5) is 19.7. The first kappa shape index (κ1) is 21.0. The van der Waals surface area contributed by atoms with Crippen LogP contribution in [-0.2, 0) is 17.8 Å². The Labute approximate surface area is 182 Å². The van der Waals surface area contributed by atoms with Crippen molar-refractivity contribution >= 4 is 28.1 Å². The topological polar surface area (TPSA) is 62.5 Å². The summed E-state index contributed by atoms with van der Waals surface area (Å²) in [5.41, 5.74) is 7.99. The first-order chi connectivity index (χ1) is 14.8. The van der Waals surface area contributed by atoms with Gasteiger partial charge < -0.3 is 10.2 Å². The summed E-state index contributed by atoms with van der Waals surface area (Å²) in [6.45, 7) is 6.92. The fourth-order valence-corrected chi connectivity index (χ4v) is 4.06. The minimum absolute atomic E-state index is 0.00891. The van der Waals surface area contributed by atoms with Gasteiger partial charge in [0.2, 0.25) is 5.91 Å². The van der Waals surface area contributed by atoms with Gasteiger partial charge in [-0.25, -0.2) is 9.50 Å². The van der Waals surface area contributed by atoms with Gasteiger partial charge in [-0.05, 0) is 76.2 Å². The number of carbonyl (C=O) groups is 1. The highest BCUT2D eigenvalue weighted by Crippen LogP contribution is 2.23. The van der Waals surface area contributed by atoms with Crippen LogP contribution < -0.4 is 5.32 Å². The molecule has 0 aliphatic heterocycles. The number of nitrogens with zero attached hydrogens (tertiary/aromatic N) is 4. The normalized spacial score (nSPS) is 11.5. The van der Waals surface area contributed by atoms with Crippen molar-refractivity contribution in [1.29, 1.82) is 0 Å². The third-order valence-corrected chi connectivity index (χ3v) is 5.70. The molecule has 0 bridgehead atoms. The molecule has 0 aliphatic rings. The largest absolute Gasteiger partial charge is 0.326 e. The number of hydrogen-bond donors (Lipinski definition) is 1. The highest BCUT2D eigenvalue weighted by molar-refractivity contribution is 5.93. The summed E-state index contributed by atoms with van der Waals surface area (Å²) >= 11 is 0. The van der Waals surface area contributed by atoms with Gasteiger partial charge in [0.05, 0.1) is 5.52 Å². The number of amides is 1. The third kappa shape index (κ3) is 4.30. The summed E-state index contributed by atoms with van der Waals surface area (Å²) in [7, 11) is 4.08. The number of aromatic nitrogens is 3. The van der Waals surface area contributed by atoms with Crippen molar-refractivity contribution in [2.24, 2.45) is 0 Å². The number of nitrogens with one attached hydrogen (secondary N) is 1. The average Bonchev–Trinajstić information content (AvgIpc) is 3.09. The van der Waals surface area contributed by atoms with Crippen LogP contribution in [0.2, 0.25) is 0 Å². The second-order valence-electron chi connectivity index (χ2n) is 8.45. The zero-order valence-electron chi connectivity index (χ0n) is 18.9. The van der Waals surface area contributed by atoms with Gasteiger partial charge >= 0.3 is 0 Å². The van der Waals surface area contributed by atoms with Crippen LogP contribution in [0.15, 0.2) is 42.5 Å². The maximum absolute atomic E-state index is 12.7. The van der Waals surface area contributed by atoms with Crippen molar-refractivity contribution < 1.29 is 4.79 Å². The van der Waals surface area contributed by atoms with E-state index in [4.69, 9.17) is 10.1 Å². The van der Waals surface area contributed by atoms with Gasteiger partial charge in [0.25, 0.3) is 0 Å². The molecule has 2 aromatic carbocycles. The van der Waals surface area contributed by atoms with Gasteiger partial charge in [0.1, 0.15) is 0 Å². The Kier molecular flexibility index (Phi) is 5.74. The summed E-state index contributed by atoms with van der Waals surface area (Å²) in [5.74, 6) is 0.00891. The standard InChI is InChI=1S/C25H29N5O/c1-16-10-11-19(15-29(4)5)14-23(16)27-24(31)13-12-20-17(2)26-25-21-8-6-7-9-22(21)28-30(25)18(20)3/h6-11,14H,12-13,15H2,1-5H3,(H,27,31). The first-order valence-corrected chi connectivity index (χ1v) is 10.6. The van der Waals surface area contributed by atoms with E-state index in [-0.39, 0.29) is 5.91 Å². The molecule has 2 aromatic heterocycles. The highest BCUT2D eigenvalue weighted by Gasteiger charge is 2.15. The number of carbonyl (C=O) groups excluding carboxylic acids is 1. The van der Waals surface area contributed by atoms with Crippen molar-refractivity contribution in [2.75, 3.05) is 19.4 Å². The highest BCUT2D eigenvalue weighted by atomic mass is 16.1. The van der Waals surface area contributed by atoms with Gasteiger partial charge in [-0.2, -0.15) is 5.10 Å². The Morgan fingerprint density at radius 3 is 2.65 bits per heavy atom. The third-order valence-electron chi connectivity index (χ3n) is 5.70. The predicted molar refractivity (Wildman–Crippen MR) is 125 cm³/mol. The zero-order valence-corrected chi connectivity index (χ0v) is 18.9. The molecule has 0 spiro atoms. The van der Waals surface area contributed by atoms with Crippen LogP contribution >= 0.6 is 0 Å². The summed E-state index contributed by atoms with van der Waals surface area (Å²) in [6.07, 6.45) is 1.02. The Bertz CT molecular complexity index is 1270. The van der Waals surface area contributed by atoms with E-state index < -0.39 is 0 Å². The van der Waals surface area contributed by atoms with E-state index in [9.17, 15) is 4.79 Å². The molecule has 0 saturated heterocycles. The molecule has 1 amide bonds. The molecule has 0 radical (unpaired) electrons. The molecule has 0 saturated carbocycles. The SMILES string of the molecule is Cc1ccc(CN(C)C)cc1NC(=O)CCc1c(C)nc2c3ccccc3nn2c1C. The molecule has 4 rings (SSSR count). The van der Waals surface area contributed by atoms with Crippen LogP contribution in [0.5, 0.6) is 0 Å². The molecule has 4 aromatic rings. The van der Waals surface area contributed by atoms with Crippen molar-refractivity contribution in [3.63, 3.8) is 0 Å². The molecule has 160 valence electrons. The second kappa shape index (κ2) is 8.47. The van der Waals surface area contributed by atoms with Crippen LogP contribution in [0, 0.1) is 20.8 Å². The number of rotatable bonds is 6. The lowest BCUT2D eigenvalue weighted by molar-refractivity contribution is -0.116. The van der Waals surface area contributed by atoms with Crippen LogP contribution in [0.3, 0.4) is 0 Å². The average molecular weight is 416 g/mol. The zero-order chi connectivity index (χ0) is 22.1. The lowest BCUT2D eigenvalue weighted by atomic mass is 10.1. The molecule has 0 unspecified atom stereocenters. The van der Waals surface area contributed by atoms with Crippen molar-refractivity contribution in [2.45, 2.75) is 40.2 Å². The van der Waals surface area contributed by atoms with Gasteiger partial charge in [-0.15, -0.1) is 0 Å². The van der Waals surface area contributed by atoms with Gasteiger partial charge in [0, 0.05) is 35.4 Å². The van der Waals surface area contributed by atoms with Crippen LogP contribution in [0.4, 0.5) is 5.69 Å². The monoisotopic (exact) mass is 415 g/mol. The number of hydrogen-bond acceptors (Lipinski definition) is 4. The van der Waals surface area contributed by atoms with Crippen molar-refractivity contribution in [3.05, 3.63) is 70.5 Å². The summed E-state index contributed by atoms with van der Waals surface area (Å²) in [6, 6.07) is 14.3. The van der Waals surface area contributed by atoms with Gasteiger partial charge in [0.15, 0.2) is 5.65 Å². The summed E-state index contributed by atoms with van der Waals surface area (Å²) < 4.78 is 1.90. The first-order valence-electron chi connectivity index (χ1n) is 10.6. The van der Waals surface area contributed by atoms with E-state index in [1.807, 2.05) is 56.7 Å². The summed E-state index contributed by atoms with van der Waals surface area (Å²) in [5, 5.41) is 8.84. The molecular weight excluding hydrogens is 386 g/mol. The fourth-order valence-electron chi connectivity index (χ4n) is 4.06. The maximum atomic E-state index is 12.7. The number of benzene rings is 2. The van der Waals surface area contributed by atoms with E-state index >= 15 is 0 Å². The molecule has 1 N–H and O–H groups in total. The number of aryl methyl sites for hydroxylation is 3. The van der Waals surface area contributed by atoms with Crippen molar-refractivity contribution in [1.82, 2.24) is 19.5 Å². The van der Waals surface area contributed by atoms with Crippen LogP contribution in [0.1, 0.15) is 34.5 Å². The minimum atomic E-state index is 0.00891. The molecule has 0 fully saturated rings. The van der Waals surface area contributed by atoms with E-state index in [1.54, 1.807) is 0 Å². The Balaban J connectivity index is 1.53. The smallest absolute Gasteiger partial charge is 0.224 e. The number of anilines is 1. The fraction of sp³-hybridized carbons (Fsp3) is 0.320. The molecule has 6 heteroatoms. The van der Waals surface area contributed by atoms with Crippen LogP contribution in [-0.4, -0.2) is 39.5 Å². The molecule has 2 heterocycles. The Morgan fingerprint density at radius 2 is 1.87 bits per heavy atom. The minimum Gasteiger partial charge on any atom is -0.326 e. The maximum Gasteiger partial charge on any atom is 0.224 e. The second-order valence-corrected chi connectivity index (χ2v) is 8.45. The molecule has 6 nitrogen and oxygen atoms in total. The quantitative estimate of drug-likeness (QED) is 0.506. The molecule has 31 heavy (non-hydrogen) atoms. The molecule has 0 aliphatic carbocycles. The van der Waals surface area contributed by atoms with Crippen molar-refractivity contribution in [3.8, 4) is 0 Å². The lowest BCUT2D eigenvalue weighted by Crippen LogP contribution is -2.16. The van der Waals surface area contributed by atoms with E-state index in [0.29, 0.717) is 12.8 Å². The Hall–Kier alpha value is -3.25.